The van der Waals surface area contributed by atoms with Gasteiger partial charge >= 0.3 is 5.97 Å². The molecule has 4 heterocycles. The second-order valence-corrected chi connectivity index (χ2v) is 7.26. The fraction of sp³-hybridized carbons (Fsp3) is 0.316. The molecule has 0 aliphatic carbocycles. The highest BCUT2D eigenvalue weighted by Gasteiger charge is 2.24. The molecule has 14 nitrogen and oxygen atoms in total. The van der Waals surface area contributed by atoms with Crippen molar-refractivity contribution in [2.45, 2.75) is 25.5 Å². The minimum absolute atomic E-state index is 0.0678. The number of nitrogens with zero attached hydrogens (tertiary/aromatic N) is 9. The molecule has 33 heavy (non-hydrogen) atoms. The van der Waals surface area contributed by atoms with Crippen LogP contribution >= 0.6 is 0 Å². The van der Waals surface area contributed by atoms with Crippen LogP contribution in [0, 0.1) is 0 Å². The maximum Gasteiger partial charge on any atom is 0.338 e. The second-order valence-electron chi connectivity index (χ2n) is 7.26. The van der Waals surface area contributed by atoms with Crippen LogP contribution in [0.25, 0.3) is 0 Å². The number of anilines is 2. The van der Waals surface area contributed by atoms with Gasteiger partial charge in [0.2, 0.25) is 5.95 Å². The largest absolute Gasteiger partial charge is 0.486 e. The quantitative estimate of drug-likeness (QED) is 0.182. The SMILES string of the molecule is N/N=C\N(N)c1ccc(OCc2cnn(C3CCN(c4ncc(C(=O)O)cn4)CC3)n2)cn1. The molecule has 0 bridgehead atoms. The molecule has 14 heteroatoms. The maximum absolute atomic E-state index is 10.9. The monoisotopic (exact) mass is 453 g/mol. The Morgan fingerprint density at radius 2 is 1.97 bits per heavy atom. The van der Waals surface area contributed by atoms with E-state index in [1.807, 2.05) is 4.90 Å². The number of aromatic nitrogens is 6. The van der Waals surface area contributed by atoms with Gasteiger partial charge in [0, 0.05) is 25.5 Å². The zero-order chi connectivity index (χ0) is 23.2. The number of hydrazine groups is 1. The molecule has 4 rings (SSSR count). The van der Waals surface area contributed by atoms with Crippen molar-refractivity contribution >= 4 is 24.1 Å². The number of nitrogens with two attached hydrogens (primary N) is 2. The van der Waals surface area contributed by atoms with E-state index in [2.05, 4.69) is 30.3 Å². The molecule has 1 saturated heterocycles. The normalized spacial score (nSPS) is 14.5. The van der Waals surface area contributed by atoms with Crippen LogP contribution in [0.3, 0.4) is 0 Å². The smallest absolute Gasteiger partial charge is 0.338 e. The van der Waals surface area contributed by atoms with Crippen molar-refractivity contribution in [3.63, 3.8) is 0 Å². The third-order valence-electron chi connectivity index (χ3n) is 5.08. The lowest BCUT2D eigenvalue weighted by molar-refractivity contribution is 0.0696. The fourth-order valence-electron chi connectivity index (χ4n) is 3.34. The Labute approximate surface area is 188 Å². The van der Waals surface area contributed by atoms with Crippen LogP contribution in [0.2, 0.25) is 0 Å². The zero-order valence-corrected chi connectivity index (χ0v) is 17.6. The standard InChI is InChI=1S/C19H23N11O3/c20-25-12-29(21)17-2-1-16(10-22-17)33-11-14-9-26-30(27-14)15-3-5-28(6-4-15)19-23-7-13(8-24-19)18(31)32/h1-2,7-10,12,15H,3-6,11,20-21H2,(H,31,32)/b25-12-. The van der Waals surface area contributed by atoms with Gasteiger partial charge in [0.1, 0.15) is 30.2 Å². The molecule has 5 N–H and O–H groups in total. The fourth-order valence-corrected chi connectivity index (χ4v) is 3.34. The van der Waals surface area contributed by atoms with Crippen molar-refractivity contribution in [2.75, 3.05) is 23.0 Å². The van der Waals surface area contributed by atoms with E-state index in [9.17, 15) is 4.79 Å². The first kappa shape index (κ1) is 21.9. The number of hydrogen-bond acceptors (Lipinski definition) is 11. The summed E-state index contributed by atoms with van der Waals surface area (Å²) in [6.45, 7) is 1.69. The van der Waals surface area contributed by atoms with Crippen LogP contribution in [0.4, 0.5) is 11.8 Å². The van der Waals surface area contributed by atoms with Crippen molar-refractivity contribution in [3.05, 3.63) is 48.2 Å². The average molecular weight is 453 g/mol. The van der Waals surface area contributed by atoms with Gasteiger partial charge in [0.15, 0.2) is 0 Å². The van der Waals surface area contributed by atoms with Crippen LogP contribution in [0.1, 0.15) is 34.9 Å². The highest BCUT2D eigenvalue weighted by Crippen LogP contribution is 2.23. The molecule has 0 amide bonds. The number of piperidine rings is 1. The first-order valence-electron chi connectivity index (χ1n) is 10.1. The van der Waals surface area contributed by atoms with Gasteiger partial charge in [-0.3, -0.25) is 0 Å². The Morgan fingerprint density at radius 3 is 2.61 bits per heavy atom. The second kappa shape index (κ2) is 9.86. The number of rotatable bonds is 8. The number of carbonyl (C=O) groups is 1. The summed E-state index contributed by atoms with van der Waals surface area (Å²) in [6, 6.07) is 3.56. The van der Waals surface area contributed by atoms with Crippen molar-refractivity contribution in [3.8, 4) is 5.75 Å². The predicted octanol–water partition coefficient (Wildman–Crippen LogP) is 0.164. The molecule has 0 atom stereocenters. The van der Waals surface area contributed by atoms with E-state index in [1.54, 1.807) is 29.3 Å². The molecule has 1 aliphatic rings. The minimum atomic E-state index is -1.04. The van der Waals surface area contributed by atoms with E-state index in [4.69, 9.17) is 21.5 Å². The van der Waals surface area contributed by atoms with E-state index in [0.717, 1.165) is 25.9 Å². The number of carboxylic acid groups (broad SMARTS) is 1. The number of pyridine rings is 1. The molecule has 0 aromatic carbocycles. The van der Waals surface area contributed by atoms with Crippen molar-refractivity contribution in [1.29, 1.82) is 0 Å². The van der Waals surface area contributed by atoms with Gasteiger partial charge in [-0.15, -0.1) is 0 Å². The molecule has 0 unspecified atom stereocenters. The minimum Gasteiger partial charge on any atom is -0.486 e. The first-order valence-corrected chi connectivity index (χ1v) is 10.1. The highest BCUT2D eigenvalue weighted by molar-refractivity contribution is 5.86. The van der Waals surface area contributed by atoms with Crippen molar-refractivity contribution in [2.24, 2.45) is 16.8 Å². The molecule has 0 saturated carbocycles. The van der Waals surface area contributed by atoms with Gasteiger partial charge in [-0.1, -0.05) is 0 Å². The zero-order valence-electron chi connectivity index (χ0n) is 17.6. The molecule has 3 aromatic heterocycles. The maximum atomic E-state index is 10.9. The molecule has 1 fully saturated rings. The summed E-state index contributed by atoms with van der Waals surface area (Å²) in [5.74, 6) is 11.3. The summed E-state index contributed by atoms with van der Waals surface area (Å²) in [5.41, 5.74) is 0.767. The Hall–Kier alpha value is -4.33. The van der Waals surface area contributed by atoms with Crippen molar-refractivity contribution in [1.82, 2.24) is 29.9 Å². The van der Waals surface area contributed by atoms with Crippen LogP contribution in [0.15, 0.2) is 42.0 Å². The summed E-state index contributed by atoms with van der Waals surface area (Å²) in [7, 11) is 0. The molecular formula is C19H23N11O3. The molecular weight excluding hydrogens is 430 g/mol. The topological polar surface area (TPSA) is 187 Å². The number of ether oxygens (including phenoxy) is 1. The number of carboxylic acids is 1. The lowest BCUT2D eigenvalue weighted by atomic mass is 10.1. The van der Waals surface area contributed by atoms with Gasteiger partial charge in [0.05, 0.1) is 24.0 Å². The number of hydrogen-bond donors (Lipinski definition) is 3. The van der Waals surface area contributed by atoms with Crippen LogP contribution < -0.4 is 26.3 Å². The molecule has 1 aliphatic heterocycles. The Kier molecular flexibility index (Phi) is 6.54. The average Bonchev–Trinajstić information content (AvgIpc) is 3.32. The Morgan fingerprint density at radius 1 is 1.21 bits per heavy atom. The Balaban J connectivity index is 1.28. The van der Waals surface area contributed by atoms with Gasteiger partial charge in [-0.2, -0.15) is 20.1 Å². The van der Waals surface area contributed by atoms with Gasteiger partial charge in [0.25, 0.3) is 0 Å². The highest BCUT2D eigenvalue weighted by atomic mass is 16.5. The predicted molar refractivity (Wildman–Crippen MR) is 117 cm³/mol. The van der Waals surface area contributed by atoms with Crippen LogP contribution in [0.5, 0.6) is 5.75 Å². The molecule has 172 valence electrons. The summed E-state index contributed by atoms with van der Waals surface area (Å²) in [4.78, 5) is 27.2. The first-order chi connectivity index (χ1) is 16.0. The Bertz CT molecular complexity index is 1090. The third kappa shape index (κ3) is 5.30. The summed E-state index contributed by atoms with van der Waals surface area (Å²) < 4.78 is 5.73. The van der Waals surface area contributed by atoms with Gasteiger partial charge in [-0.25, -0.2) is 30.6 Å². The molecule has 0 spiro atoms. The van der Waals surface area contributed by atoms with E-state index < -0.39 is 5.97 Å². The van der Waals surface area contributed by atoms with Gasteiger partial charge < -0.3 is 20.6 Å². The molecule has 3 aromatic rings. The van der Waals surface area contributed by atoms with E-state index in [-0.39, 0.29) is 18.2 Å². The van der Waals surface area contributed by atoms with Crippen molar-refractivity contribution < 1.29 is 14.6 Å². The van der Waals surface area contributed by atoms with E-state index in [0.29, 0.717) is 23.2 Å². The number of hydrazone groups is 1. The van der Waals surface area contributed by atoms with Crippen LogP contribution in [-0.4, -0.2) is 60.4 Å². The lowest BCUT2D eigenvalue weighted by Crippen LogP contribution is -2.36. The lowest BCUT2D eigenvalue weighted by Gasteiger charge is -2.31. The summed E-state index contributed by atoms with van der Waals surface area (Å²) >= 11 is 0. The summed E-state index contributed by atoms with van der Waals surface area (Å²) in [6.07, 6.45) is 8.74. The van der Waals surface area contributed by atoms with E-state index in [1.165, 1.54) is 23.7 Å². The molecule has 0 radical (unpaired) electrons. The van der Waals surface area contributed by atoms with E-state index >= 15 is 0 Å². The third-order valence-corrected chi connectivity index (χ3v) is 5.08. The number of aromatic carboxylic acids is 1. The van der Waals surface area contributed by atoms with Crippen LogP contribution in [-0.2, 0) is 6.61 Å². The summed E-state index contributed by atoms with van der Waals surface area (Å²) in [5, 5.41) is 22.4. The van der Waals surface area contributed by atoms with Gasteiger partial charge in [-0.05, 0) is 25.0 Å².